The smallest absolute Gasteiger partial charge is 0.338 e. The Kier molecular flexibility index (Phi) is 6.43. The molecule has 1 aliphatic rings. The standard InChI is InChI=1S/C24H21BrN2O4S/c1-4-31-23(29)20-14(2)26-24-27(21(20)16-8-10-18(30-3)11-9-16)22(28)19(32-24)13-15-6-5-7-17(25)12-15/h5-13,21H,4H2,1-3H3/b19-13+. The minimum Gasteiger partial charge on any atom is -0.497 e. The molecular weight excluding hydrogens is 492 g/mol. The lowest BCUT2D eigenvalue weighted by atomic mass is 9.96. The van der Waals surface area contributed by atoms with Crippen molar-refractivity contribution in [1.29, 1.82) is 0 Å². The Morgan fingerprint density at radius 1 is 1.25 bits per heavy atom. The fourth-order valence-electron chi connectivity index (χ4n) is 3.64. The molecule has 1 aliphatic heterocycles. The number of esters is 1. The van der Waals surface area contributed by atoms with Crippen LogP contribution in [0.25, 0.3) is 6.08 Å². The highest BCUT2D eigenvalue weighted by atomic mass is 79.9. The molecule has 0 saturated heterocycles. The van der Waals surface area contributed by atoms with Gasteiger partial charge in [0.25, 0.3) is 5.56 Å². The first kappa shape index (κ1) is 22.2. The summed E-state index contributed by atoms with van der Waals surface area (Å²) in [5, 5.41) is 0. The van der Waals surface area contributed by atoms with E-state index >= 15 is 0 Å². The second-order valence-corrected chi connectivity index (χ2v) is 9.06. The summed E-state index contributed by atoms with van der Waals surface area (Å²) < 4.78 is 13.6. The molecule has 32 heavy (non-hydrogen) atoms. The van der Waals surface area contributed by atoms with E-state index in [1.165, 1.54) is 11.3 Å². The van der Waals surface area contributed by atoms with Gasteiger partial charge in [0.15, 0.2) is 4.80 Å². The van der Waals surface area contributed by atoms with Crippen LogP contribution in [0.5, 0.6) is 5.75 Å². The molecular formula is C24H21BrN2O4S. The van der Waals surface area contributed by atoms with E-state index in [4.69, 9.17) is 9.47 Å². The fourth-order valence-corrected chi connectivity index (χ4v) is 5.10. The molecule has 4 rings (SSSR count). The number of carbonyl (C=O) groups excluding carboxylic acids is 1. The zero-order chi connectivity index (χ0) is 22.8. The monoisotopic (exact) mass is 512 g/mol. The third kappa shape index (κ3) is 4.20. The van der Waals surface area contributed by atoms with Crippen molar-refractivity contribution in [3.63, 3.8) is 0 Å². The highest BCUT2D eigenvalue weighted by Crippen LogP contribution is 2.31. The minimum absolute atomic E-state index is 0.205. The van der Waals surface area contributed by atoms with E-state index in [2.05, 4.69) is 20.9 Å². The summed E-state index contributed by atoms with van der Waals surface area (Å²) in [4.78, 5) is 31.5. The molecule has 1 unspecified atom stereocenters. The van der Waals surface area contributed by atoms with Gasteiger partial charge in [-0.1, -0.05) is 51.5 Å². The van der Waals surface area contributed by atoms with Gasteiger partial charge < -0.3 is 9.47 Å². The van der Waals surface area contributed by atoms with Gasteiger partial charge in [-0.2, -0.15) is 0 Å². The summed E-state index contributed by atoms with van der Waals surface area (Å²) in [6, 6.07) is 14.4. The average Bonchev–Trinajstić information content (AvgIpc) is 3.07. The summed E-state index contributed by atoms with van der Waals surface area (Å²) in [5.41, 5.74) is 2.37. The number of halogens is 1. The number of thiazole rings is 1. The van der Waals surface area contributed by atoms with Crippen LogP contribution >= 0.6 is 27.3 Å². The van der Waals surface area contributed by atoms with Gasteiger partial charge in [0, 0.05) is 4.47 Å². The Labute approximate surface area is 197 Å². The Balaban J connectivity index is 1.94. The van der Waals surface area contributed by atoms with Gasteiger partial charge in [-0.15, -0.1) is 0 Å². The number of fused-ring (bicyclic) bond motifs is 1. The first-order valence-electron chi connectivity index (χ1n) is 10.0. The number of ether oxygens (including phenoxy) is 2. The van der Waals surface area contributed by atoms with Gasteiger partial charge in [-0.3, -0.25) is 9.36 Å². The molecule has 0 aliphatic carbocycles. The van der Waals surface area contributed by atoms with Gasteiger partial charge in [-0.05, 0) is 55.3 Å². The van der Waals surface area contributed by atoms with Crippen molar-refractivity contribution in [3.05, 3.63) is 95.1 Å². The Hall–Kier alpha value is -2.97. The molecule has 1 atom stereocenters. The molecule has 1 aromatic heterocycles. The molecule has 8 heteroatoms. The molecule has 2 heterocycles. The van der Waals surface area contributed by atoms with Crippen LogP contribution in [0.4, 0.5) is 0 Å². The van der Waals surface area contributed by atoms with Crippen LogP contribution in [0.2, 0.25) is 0 Å². The lowest BCUT2D eigenvalue weighted by Gasteiger charge is -2.24. The number of hydrogen-bond acceptors (Lipinski definition) is 6. The van der Waals surface area contributed by atoms with Crippen LogP contribution < -0.4 is 19.6 Å². The van der Waals surface area contributed by atoms with Crippen molar-refractivity contribution in [1.82, 2.24) is 4.57 Å². The molecule has 0 fully saturated rings. The van der Waals surface area contributed by atoms with E-state index in [1.807, 2.05) is 54.6 Å². The SMILES string of the molecule is CCOC(=O)C1=C(C)N=c2s/c(=C/c3cccc(Br)c3)c(=O)n2C1c1ccc(OC)cc1. The molecule has 0 amide bonds. The van der Waals surface area contributed by atoms with Gasteiger partial charge in [0.2, 0.25) is 0 Å². The van der Waals surface area contributed by atoms with Crippen molar-refractivity contribution in [2.75, 3.05) is 13.7 Å². The third-order valence-electron chi connectivity index (χ3n) is 5.10. The second-order valence-electron chi connectivity index (χ2n) is 7.13. The highest BCUT2D eigenvalue weighted by Gasteiger charge is 2.33. The lowest BCUT2D eigenvalue weighted by Crippen LogP contribution is -2.39. The molecule has 0 N–H and O–H groups in total. The Morgan fingerprint density at radius 2 is 2.00 bits per heavy atom. The van der Waals surface area contributed by atoms with E-state index in [-0.39, 0.29) is 12.2 Å². The number of aromatic nitrogens is 1. The van der Waals surface area contributed by atoms with E-state index in [0.29, 0.717) is 26.4 Å². The van der Waals surface area contributed by atoms with Gasteiger partial charge in [0.1, 0.15) is 5.75 Å². The van der Waals surface area contributed by atoms with Crippen LogP contribution in [0, 0.1) is 0 Å². The molecule has 6 nitrogen and oxygen atoms in total. The van der Waals surface area contributed by atoms with Gasteiger partial charge in [0.05, 0.1) is 35.6 Å². The maximum absolute atomic E-state index is 13.5. The van der Waals surface area contributed by atoms with Gasteiger partial charge >= 0.3 is 5.97 Å². The maximum atomic E-state index is 13.5. The molecule has 0 radical (unpaired) electrons. The van der Waals surface area contributed by atoms with E-state index in [0.717, 1.165) is 15.6 Å². The van der Waals surface area contributed by atoms with Gasteiger partial charge in [-0.25, -0.2) is 9.79 Å². The van der Waals surface area contributed by atoms with Crippen molar-refractivity contribution >= 4 is 39.3 Å². The number of methoxy groups -OCH3 is 1. The highest BCUT2D eigenvalue weighted by molar-refractivity contribution is 9.10. The largest absolute Gasteiger partial charge is 0.497 e. The molecule has 164 valence electrons. The van der Waals surface area contributed by atoms with Crippen LogP contribution in [0.1, 0.15) is 31.0 Å². The van der Waals surface area contributed by atoms with Crippen molar-refractivity contribution < 1.29 is 14.3 Å². The quantitative estimate of drug-likeness (QED) is 0.490. The van der Waals surface area contributed by atoms with E-state index in [1.54, 1.807) is 25.5 Å². The molecule has 2 aromatic carbocycles. The van der Waals surface area contributed by atoms with Crippen LogP contribution in [-0.2, 0) is 9.53 Å². The maximum Gasteiger partial charge on any atom is 0.338 e. The van der Waals surface area contributed by atoms with Crippen LogP contribution in [0.15, 0.2) is 74.1 Å². The normalized spacial score (nSPS) is 15.9. The summed E-state index contributed by atoms with van der Waals surface area (Å²) >= 11 is 4.76. The van der Waals surface area contributed by atoms with Crippen molar-refractivity contribution in [2.45, 2.75) is 19.9 Å². The van der Waals surface area contributed by atoms with Crippen LogP contribution in [-0.4, -0.2) is 24.3 Å². The number of rotatable bonds is 5. The van der Waals surface area contributed by atoms with Crippen molar-refractivity contribution in [3.8, 4) is 5.75 Å². The number of hydrogen-bond donors (Lipinski definition) is 0. The Bertz CT molecular complexity index is 1390. The lowest BCUT2D eigenvalue weighted by molar-refractivity contribution is -0.139. The predicted molar refractivity (Wildman–Crippen MR) is 128 cm³/mol. The second kappa shape index (κ2) is 9.26. The Morgan fingerprint density at radius 3 is 2.66 bits per heavy atom. The zero-order valence-corrected chi connectivity index (χ0v) is 20.2. The zero-order valence-electron chi connectivity index (χ0n) is 17.8. The first-order valence-corrected chi connectivity index (χ1v) is 11.6. The molecule has 3 aromatic rings. The minimum atomic E-state index is -0.638. The topological polar surface area (TPSA) is 69.9 Å². The predicted octanol–water partition coefficient (Wildman–Crippen LogP) is 3.57. The first-order chi connectivity index (χ1) is 15.4. The molecule has 0 bridgehead atoms. The number of allylic oxidation sites excluding steroid dienone is 1. The average molecular weight is 513 g/mol. The summed E-state index contributed by atoms with van der Waals surface area (Å²) in [6.45, 7) is 3.76. The van der Waals surface area contributed by atoms with E-state index in [9.17, 15) is 9.59 Å². The number of nitrogens with zero attached hydrogens (tertiary/aromatic N) is 2. The number of benzene rings is 2. The van der Waals surface area contributed by atoms with Crippen LogP contribution in [0.3, 0.4) is 0 Å². The third-order valence-corrected chi connectivity index (χ3v) is 6.57. The van der Waals surface area contributed by atoms with E-state index < -0.39 is 12.0 Å². The molecule has 0 saturated carbocycles. The summed E-state index contributed by atoms with van der Waals surface area (Å²) in [5.74, 6) is 0.213. The summed E-state index contributed by atoms with van der Waals surface area (Å²) in [7, 11) is 1.59. The molecule has 0 spiro atoms. The van der Waals surface area contributed by atoms with Crippen molar-refractivity contribution in [2.24, 2.45) is 4.99 Å². The number of carbonyl (C=O) groups is 1. The fraction of sp³-hybridized carbons (Fsp3) is 0.208. The summed E-state index contributed by atoms with van der Waals surface area (Å²) in [6.07, 6.45) is 1.84.